The lowest BCUT2D eigenvalue weighted by atomic mass is 10.1. The van der Waals surface area contributed by atoms with E-state index >= 15 is 0 Å². The van der Waals surface area contributed by atoms with Crippen LogP contribution < -0.4 is 14.4 Å². The zero-order valence-corrected chi connectivity index (χ0v) is 25.6. The zero-order chi connectivity index (χ0) is 30.2. The molecule has 0 aliphatic heterocycles. The van der Waals surface area contributed by atoms with Crippen LogP contribution in [0.2, 0.25) is 0 Å². The molecule has 2 atom stereocenters. The van der Waals surface area contributed by atoms with Gasteiger partial charge in [-0.25, -0.2) is 8.42 Å². The summed E-state index contributed by atoms with van der Waals surface area (Å²) in [7, 11) is -2.54. The molecule has 41 heavy (non-hydrogen) atoms. The van der Waals surface area contributed by atoms with Crippen LogP contribution in [0.3, 0.4) is 0 Å². The number of carbonyl (C=O) groups is 2. The van der Waals surface area contributed by atoms with E-state index in [2.05, 4.69) is 5.32 Å². The van der Waals surface area contributed by atoms with Gasteiger partial charge in [-0.2, -0.15) is 0 Å². The molecule has 3 rings (SSSR count). The van der Waals surface area contributed by atoms with Gasteiger partial charge in [0.15, 0.2) is 0 Å². The van der Waals surface area contributed by atoms with Crippen LogP contribution in [0.1, 0.15) is 50.3 Å². The van der Waals surface area contributed by atoms with Crippen LogP contribution in [0.15, 0.2) is 77.7 Å². The van der Waals surface area contributed by atoms with Crippen LogP contribution in [-0.4, -0.2) is 50.9 Å². The largest absolute Gasteiger partial charge is 0.497 e. The van der Waals surface area contributed by atoms with Crippen LogP contribution in [0.25, 0.3) is 0 Å². The summed E-state index contributed by atoms with van der Waals surface area (Å²) >= 11 is 0. The minimum absolute atomic E-state index is 0.0700. The van der Waals surface area contributed by atoms with E-state index in [9.17, 15) is 18.0 Å². The normalized spacial score (nSPS) is 12.7. The van der Waals surface area contributed by atoms with Gasteiger partial charge in [0.05, 0.1) is 17.7 Å². The summed E-state index contributed by atoms with van der Waals surface area (Å²) in [5.74, 6) is -0.0801. The van der Waals surface area contributed by atoms with Crippen molar-refractivity contribution < 1.29 is 22.7 Å². The molecular weight excluding hydrogens is 538 g/mol. The van der Waals surface area contributed by atoms with Crippen molar-refractivity contribution in [1.82, 2.24) is 10.2 Å². The summed E-state index contributed by atoms with van der Waals surface area (Å²) in [6, 6.07) is 20.0. The molecule has 1 N–H and O–H groups in total. The van der Waals surface area contributed by atoms with Gasteiger partial charge in [0.25, 0.3) is 10.0 Å². The highest BCUT2D eigenvalue weighted by atomic mass is 32.2. The van der Waals surface area contributed by atoms with E-state index in [0.29, 0.717) is 23.4 Å². The van der Waals surface area contributed by atoms with E-state index in [1.54, 1.807) is 43.5 Å². The van der Waals surface area contributed by atoms with Gasteiger partial charge in [-0.15, -0.1) is 0 Å². The summed E-state index contributed by atoms with van der Waals surface area (Å²) < 4.78 is 34.4. The highest BCUT2D eigenvalue weighted by Crippen LogP contribution is 2.28. The fraction of sp³-hybridized carbons (Fsp3) is 0.375. The lowest BCUT2D eigenvalue weighted by Crippen LogP contribution is -2.53. The number of nitrogens with one attached hydrogen (secondary N) is 1. The van der Waals surface area contributed by atoms with E-state index < -0.39 is 28.5 Å². The number of benzene rings is 3. The Morgan fingerprint density at radius 3 is 2.17 bits per heavy atom. The third kappa shape index (κ3) is 7.88. The first-order valence-electron chi connectivity index (χ1n) is 13.9. The van der Waals surface area contributed by atoms with E-state index in [1.807, 2.05) is 58.9 Å². The Bertz CT molecular complexity index is 1430. The number of ether oxygens (including phenoxy) is 1. The lowest BCUT2D eigenvalue weighted by molar-refractivity contribution is -0.140. The molecule has 0 fully saturated rings. The van der Waals surface area contributed by atoms with Crippen LogP contribution in [0.4, 0.5) is 5.69 Å². The predicted molar refractivity (Wildman–Crippen MR) is 162 cm³/mol. The number of methoxy groups -OCH3 is 1. The topological polar surface area (TPSA) is 96.0 Å². The molecule has 2 amide bonds. The van der Waals surface area contributed by atoms with Crippen molar-refractivity contribution in [1.29, 1.82) is 0 Å². The van der Waals surface area contributed by atoms with E-state index in [0.717, 1.165) is 21.9 Å². The van der Waals surface area contributed by atoms with E-state index in [4.69, 9.17) is 4.74 Å². The monoisotopic (exact) mass is 579 g/mol. The number of rotatable bonds is 13. The molecule has 0 saturated heterocycles. The Kier molecular flexibility index (Phi) is 10.9. The Labute approximate surface area is 244 Å². The maximum absolute atomic E-state index is 14.2. The van der Waals surface area contributed by atoms with Gasteiger partial charge in [0, 0.05) is 12.6 Å². The molecular formula is C32H41N3O5S. The van der Waals surface area contributed by atoms with E-state index in [1.165, 1.54) is 17.0 Å². The zero-order valence-electron chi connectivity index (χ0n) is 24.8. The van der Waals surface area contributed by atoms with Crippen molar-refractivity contribution in [3.05, 3.63) is 89.5 Å². The smallest absolute Gasteiger partial charge is 0.264 e. The molecule has 0 saturated carbocycles. The molecule has 0 aliphatic rings. The van der Waals surface area contributed by atoms with Gasteiger partial charge in [0.2, 0.25) is 11.8 Å². The highest BCUT2D eigenvalue weighted by Gasteiger charge is 2.34. The van der Waals surface area contributed by atoms with Crippen molar-refractivity contribution in [3.8, 4) is 5.75 Å². The molecule has 0 radical (unpaired) electrons. The molecule has 9 heteroatoms. The Balaban J connectivity index is 2.08. The van der Waals surface area contributed by atoms with E-state index in [-0.39, 0.29) is 23.4 Å². The van der Waals surface area contributed by atoms with Gasteiger partial charge >= 0.3 is 0 Å². The predicted octanol–water partition coefficient (Wildman–Crippen LogP) is 5.23. The molecule has 8 nitrogen and oxygen atoms in total. The van der Waals surface area contributed by atoms with Gasteiger partial charge in [-0.1, -0.05) is 56.3 Å². The second-order valence-electron chi connectivity index (χ2n) is 10.2. The van der Waals surface area contributed by atoms with Gasteiger partial charge in [-0.3, -0.25) is 13.9 Å². The van der Waals surface area contributed by atoms with Gasteiger partial charge in [-0.05, 0) is 80.6 Å². The van der Waals surface area contributed by atoms with Crippen molar-refractivity contribution in [3.63, 3.8) is 0 Å². The van der Waals surface area contributed by atoms with Crippen molar-refractivity contribution in [2.45, 2.75) is 71.0 Å². The van der Waals surface area contributed by atoms with Gasteiger partial charge < -0.3 is 15.0 Å². The Hall–Kier alpha value is -3.85. The van der Waals surface area contributed by atoms with Crippen molar-refractivity contribution >= 4 is 27.5 Å². The number of hydrogen-bond donors (Lipinski definition) is 1. The van der Waals surface area contributed by atoms with Crippen molar-refractivity contribution in [2.75, 3.05) is 18.0 Å². The standard InChI is InChI=1S/C32H41N3O5S/c1-7-25(5)33-32(37)29(8-2)34(21-26-16-18-27(40-6)19-17-26)31(36)22-35(30-20-23(3)14-15-24(30)4)41(38,39)28-12-10-9-11-13-28/h9-20,25,29H,7-8,21-22H2,1-6H3,(H,33,37)/t25-,29-/m0/s1. The maximum Gasteiger partial charge on any atom is 0.264 e. The van der Waals surface area contributed by atoms with Crippen molar-refractivity contribution in [2.24, 2.45) is 0 Å². The summed E-state index contributed by atoms with van der Waals surface area (Å²) in [5, 5.41) is 2.99. The number of sulfonamides is 1. The van der Waals surface area contributed by atoms with Crippen LogP contribution >= 0.6 is 0 Å². The fourth-order valence-corrected chi connectivity index (χ4v) is 6.00. The first kappa shape index (κ1) is 31.7. The average molecular weight is 580 g/mol. The minimum atomic E-state index is -4.11. The SMILES string of the molecule is CC[C@H](C)NC(=O)[C@H](CC)N(Cc1ccc(OC)cc1)C(=O)CN(c1cc(C)ccc1C)S(=O)(=O)c1ccccc1. The molecule has 0 unspecified atom stereocenters. The molecule has 0 aromatic heterocycles. The Morgan fingerprint density at radius 1 is 0.927 bits per heavy atom. The quantitative estimate of drug-likeness (QED) is 0.299. The first-order chi connectivity index (χ1) is 19.5. The second-order valence-corrected chi connectivity index (χ2v) is 12.1. The summed E-state index contributed by atoms with van der Waals surface area (Å²) in [6.45, 7) is 9.08. The van der Waals surface area contributed by atoms with Crippen LogP contribution in [0.5, 0.6) is 5.75 Å². The fourth-order valence-electron chi connectivity index (χ4n) is 4.51. The average Bonchev–Trinajstić information content (AvgIpc) is 2.97. The van der Waals surface area contributed by atoms with Gasteiger partial charge in [0.1, 0.15) is 18.3 Å². The first-order valence-corrected chi connectivity index (χ1v) is 15.3. The number of amides is 2. The Morgan fingerprint density at radius 2 is 1.59 bits per heavy atom. The maximum atomic E-state index is 14.2. The second kappa shape index (κ2) is 14.2. The highest BCUT2D eigenvalue weighted by molar-refractivity contribution is 7.92. The number of anilines is 1. The lowest BCUT2D eigenvalue weighted by Gasteiger charge is -2.34. The number of nitrogens with zero attached hydrogens (tertiary/aromatic N) is 2. The molecule has 3 aromatic carbocycles. The molecule has 0 bridgehead atoms. The van der Waals surface area contributed by atoms with Crippen LogP contribution in [0, 0.1) is 13.8 Å². The third-order valence-electron chi connectivity index (χ3n) is 7.14. The number of carbonyl (C=O) groups excluding carboxylic acids is 2. The molecule has 220 valence electrons. The summed E-state index contributed by atoms with van der Waals surface area (Å²) in [5.41, 5.74) is 2.79. The molecule has 3 aromatic rings. The molecule has 0 aliphatic carbocycles. The number of hydrogen-bond acceptors (Lipinski definition) is 5. The van der Waals surface area contributed by atoms with Crippen LogP contribution in [-0.2, 0) is 26.2 Å². The minimum Gasteiger partial charge on any atom is -0.497 e. The molecule has 0 spiro atoms. The molecule has 0 heterocycles. The third-order valence-corrected chi connectivity index (χ3v) is 8.92. The summed E-state index contributed by atoms with van der Waals surface area (Å²) in [4.78, 5) is 29.2. The number of aryl methyl sites for hydroxylation is 2. The summed E-state index contributed by atoms with van der Waals surface area (Å²) in [6.07, 6.45) is 1.10.